The minimum atomic E-state index is 0.0548. The SMILES string of the molecule is CCn1ccnc1CC(=O)c1ccc(C)c(OC)c1. The predicted molar refractivity (Wildman–Crippen MR) is 73.7 cm³/mol. The maximum atomic E-state index is 12.3. The molecule has 1 heterocycles. The van der Waals surface area contributed by atoms with Crippen molar-refractivity contribution in [3.05, 3.63) is 47.5 Å². The molecule has 0 N–H and O–H groups in total. The van der Waals surface area contributed by atoms with E-state index in [1.807, 2.05) is 36.7 Å². The molecular weight excluding hydrogens is 240 g/mol. The zero-order chi connectivity index (χ0) is 13.8. The van der Waals surface area contributed by atoms with Crippen LogP contribution >= 0.6 is 0 Å². The molecule has 0 aliphatic heterocycles. The van der Waals surface area contributed by atoms with Gasteiger partial charge in [-0.15, -0.1) is 0 Å². The highest BCUT2D eigenvalue weighted by Crippen LogP contribution is 2.20. The summed E-state index contributed by atoms with van der Waals surface area (Å²) < 4.78 is 7.22. The molecule has 0 atom stereocenters. The average Bonchev–Trinajstić information content (AvgIpc) is 2.86. The number of ketones is 1. The standard InChI is InChI=1S/C15H18N2O2/c1-4-17-8-7-16-15(17)10-13(18)12-6-5-11(2)14(9-12)19-3/h5-9H,4,10H2,1-3H3. The molecule has 1 aromatic carbocycles. The van der Waals surface area contributed by atoms with E-state index in [0.717, 1.165) is 23.7 Å². The number of carbonyl (C=O) groups is 1. The van der Waals surface area contributed by atoms with Crippen molar-refractivity contribution in [1.82, 2.24) is 9.55 Å². The van der Waals surface area contributed by atoms with Gasteiger partial charge in [-0.1, -0.05) is 12.1 Å². The fraction of sp³-hybridized carbons (Fsp3) is 0.333. The van der Waals surface area contributed by atoms with Crippen LogP contribution in [-0.2, 0) is 13.0 Å². The van der Waals surface area contributed by atoms with Gasteiger partial charge in [-0.05, 0) is 25.5 Å². The van der Waals surface area contributed by atoms with E-state index in [-0.39, 0.29) is 5.78 Å². The fourth-order valence-electron chi connectivity index (χ4n) is 2.03. The van der Waals surface area contributed by atoms with Gasteiger partial charge in [0.25, 0.3) is 0 Å². The van der Waals surface area contributed by atoms with Gasteiger partial charge < -0.3 is 9.30 Å². The summed E-state index contributed by atoms with van der Waals surface area (Å²) in [5.74, 6) is 1.59. The van der Waals surface area contributed by atoms with Crippen molar-refractivity contribution < 1.29 is 9.53 Å². The lowest BCUT2D eigenvalue weighted by Crippen LogP contribution is -2.09. The predicted octanol–water partition coefficient (Wildman–Crippen LogP) is 2.65. The van der Waals surface area contributed by atoms with Crippen LogP contribution in [-0.4, -0.2) is 22.4 Å². The van der Waals surface area contributed by atoms with Crippen molar-refractivity contribution in [2.24, 2.45) is 0 Å². The zero-order valence-electron chi connectivity index (χ0n) is 11.5. The van der Waals surface area contributed by atoms with Gasteiger partial charge in [0.05, 0.1) is 13.5 Å². The summed E-state index contributed by atoms with van der Waals surface area (Å²) in [4.78, 5) is 16.5. The molecule has 19 heavy (non-hydrogen) atoms. The van der Waals surface area contributed by atoms with Crippen molar-refractivity contribution in [3.63, 3.8) is 0 Å². The van der Waals surface area contributed by atoms with Crippen molar-refractivity contribution in [1.29, 1.82) is 0 Å². The third-order valence-electron chi connectivity index (χ3n) is 3.19. The van der Waals surface area contributed by atoms with Crippen LogP contribution in [0.4, 0.5) is 0 Å². The first kappa shape index (κ1) is 13.3. The fourth-order valence-corrected chi connectivity index (χ4v) is 2.03. The van der Waals surface area contributed by atoms with Crippen LogP contribution in [0, 0.1) is 6.92 Å². The Morgan fingerprint density at radius 2 is 2.21 bits per heavy atom. The number of hydrogen-bond acceptors (Lipinski definition) is 3. The molecule has 0 saturated heterocycles. The Morgan fingerprint density at radius 1 is 1.42 bits per heavy atom. The summed E-state index contributed by atoms with van der Waals surface area (Å²) in [6, 6.07) is 5.52. The van der Waals surface area contributed by atoms with Crippen LogP contribution in [0.3, 0.4) is 0 Å². The first-order valence-corrected chi connectivity index (χ1v) is 6.33. The van der Waals surface area contributed by atoms with Crippen LogP contribution in [0.5, 0.6) is 5.75 Å². The molecule has 100 valence electrons. The molecule has 0 aliphatic rings. The maximum Gasteiger partial charge on any atom is 0.170 e. The van der Waals surface area contributed by atoms with E-state index in [1.54, 1.807) is 19.4 Å². The summed E-state index contributed by atoms with van der Waals surface area (Å²) in [7, 11) is 1.61. The topological polar surface area (TPSA) is 44.1 Å². The van der Waals surface area contributed by atoms with E-state index in [2.05, 4.69) is 4.98 Å². The summed E-state index contributed by atoms with van der Waals surface area (Å²) in [5.41, 5.74) is 1.68. The van der Waals surface area contributed by atoms with E-state index in [1.165, 1.54) is 0 Å². The van der Waals surface area contributed by atoms with E-state index in [9.17, 15) is 4.79 Å². The quantitative estimate of drug-likeness (QED) is 0.774. The third kappa shape index (κ3) is 2.84. The molecule has 4 nitrogen and oxygen atoms in total. The monoisotopic (exact) mass is 258 g/mol. The lowest BCUT2D eigenvalue weighted by molar-refractivity contribution is 0.0989. The number of Topliss-reactive ketones (excluding diaryl/α,β-unsaturated/α-hetero) is 1. The highest BCUT2D eigenvalue weighted by Gasteiger charge is 2.12. The van der Waals surface area contributed by atoms with Gasteiger partial charge in [0, 0.05) is 24.5 Å². The second kappa shape index (κ2) is 5.69. The Morgan fingerprint density at radius 3 is 2.89 bits per heavy atom. The maximum absolute atomic E-state index is 12.3. The summed E-state index contributed by atoms with van der Waals surface area (Å²) in [6.07, 6.45) is 3.92. The number of hydrogen-bond donors (Lipinski definition) is 0. The molecule has 0 amide bonds. The molecule has 0 unspecified atom stereocenters. The molecule has 0 spiro atoms. The number of nitrogens with zero attached hydrogens (tertiary/aromatic N) is 2. The number of aryl methyl sites for hydroxylation is 2. The van der Waals surface area contributed by atoms with Crippen molar-refractivity contribution >= 4 is 5.78 Å². The number of methoxy groups -OCH3 is 1. The minimum absolute atomic E-state index is 0.0548. The Bertz CT molecular complexity index is 588. The van der Waals surface area contributed by atoms with Gasteiger partial charge in [-0.25, -0.2) is 4.98 Å². The number of imidazole rings is 1. The summed E-state index contributed by atoms with van der Waals surface area (Å²) in [5, 5.41) is 0. The van der Waals surface area contributed by atoms with E-state index < -0.39 is 0 Å². The van der Waals surface area contributed by atoms with Crippen molar-refractivity contribution in [2.45, 2.75) is 26.8 Å². The Hall–Kier alpha value is -2.10. The highest BCUT2D eigenvalue weighted by molar-refractivity contribution is 5.97. The molecule has 0 bridgehead atoms. The van der Waals surface area contributed by atoms with E-state index >= 15 is 0 Å². The van der Waals surface area contributed by atoms with Crippen LogP contribution in [0.25, 0.3) is 0 Å². The number of aromatic nitrogens is 2. The van der Waals surface area contributed by atoms with Gasteiger partial charge in [0.15, 0.2) is 5.78 Å². The Labute approximate surface area is 113 Å². The van der Waals surface area contributed by atoms with Crippen molar-refractivity contribution in [3.8, 4) is 5.75 Å². The summed E-state index contributed by atoms with van der Waals surface area (Å²) in [6.45, 7) is 4.81. The molecule has 4 heteroatoms. The van der Waals surface area contributed by atoms with Crippen LogP contribution in [0.2, 0.25) is 0 Å². The van der Waals surface area contributed by atoms with Gasteiger partial charge in [0.2, 0.25) is 0 Å². The average molecular weight is 258 g/mol. The molecular formula is C15H18N2O2. The van der Waals surface area contributed by atoms with Crippen molar-refractivity contribution in [2.75, 3.05) is 7.11 Å². The minimum Gasteiger partial charge on any atom is -0.496 e. The summed E-state index contributed by atoms with van der Waals surface area (Å²) >= 11 is 0. The molecule has 1 aromatic heterocycles. The molecule has 0 aliphatic carbocycles. The number of ether oxygens (including phenoxy) is 1. The highest BCUT2D eigenvalue weighted by atomic mass is 16.5. The Balaban J connectivity index is 2.20. The molecule has 2 aromatic rings. The zero-order valence-corrected chi connectivity index (χ0v) is 11.5. The van der Waals surface area contributed by atoms with Crippen LogP contribution < -0.4 is 4.74 Å². The number of carbonyl (C=O) groups excluding carboxylic acids is 1. The van der Waals surface area contributed by atoms with Gasteiger partial charge in [-0.2, -0.15) is 0 Å². The molecule has 2 rings (SSSR count). The molecule has 0 saturated carbocycles. The van der Waals surface area contributed by atoms with Crippen LogP contribution in [0.15, 0.2) is 30.6 Å². The first-order valence-electron chi connectivity index (χ1n) is 6.33. The van der Waals surface area contributed by atoms with Crippen LogP contribution in [0.1, 0.15) is 28.7 Å². The van der Waals surface area contributed by atoms with E-state index in [0.29, 0.717) is 12.0 Å². The smallest absolute Gasteiger partial charge is 0.170 e. The van der Waals surface area contributed by atoms with Gasteiger partial charge >= 0.3 is 0 Å². The lowest BCUT2D eigenvalue weighted by Gasteiger charge is -2.08. The lowest BCUT2D eigenvalue weighted by atomic mass is 10.1. The largest absolute Gasteiger partial charge is 0.496 e. The van der Waals surface area contributed by atoms with Gasteiger partial charge in [0.1, 0.15) is 11.6 Å². The molecule has 0 fully saturated rings. The second-order valence-corrected chi connectivity index (χ2v) is 4.41. The Kier molecular flexibility index (Phi) is 4.00. The molecule has 0 radical (unpaired) electrons. The third-order valence-corrected chi connectivity index (χ3v) is 3.19. The number of rotatable bonds is 5. The number of benzene rings is 1. The van der Waals surface area contributed by atoms with Gasteiger partial charge in [-0.3, -0.25) is 4.79 Å². The normalized spacial score (nSPS) is 10.5. The van der Waals surface area contributed by atoms with E-state index in [4.69, 9.17) is 4.74 Å². The first-order chi connectivity index (χ1) is 9.15. The second-order valence-electron chi connectivity index (χ2n) is 4.41.